The molecular formula is C29H38FN5O4S. The van der Waals surface area contributed by atoms with Gasteiger partial charge in [0.05, 0.1) is 17.9 Å². The zero-order chi connectivity index (χ0) is 29.5. The van der Waals surface area contributed by atoms with Crippen LogP contribution in [0.15, 0.2) is 53.6 Å². The topological polar surface area (TPSA) is 128 Å². The number of ether oxygens (including phenoxy) is 1. The van der Waals surface area contributed by atoms with Gasteiger partial charge < -0.3 is 15.4 Å². The summed E-state index contributed by atoms with van der Waals surface area (Å²) in [7, 11) is -4.31. The average Bonchev–Trinajstić information content (AvgIpc) is 3.08. The van der Waals surface area contributed by atoms with Crippen molar-refractivity contribution in [2.75, 3.05) is 23.8 Å². The number of nitrogens with zero attached hydrogens (tertiary/aromatic N) is 3. The van der Waals surface area contributed by atoms with Crippen LogP contribution in [0, 0.1) is 17.2 Å². The van der Waals surface area contributed by atoms with Gasteiger partial charge in [0, 0.05) is 25.1 Å². The van der Waals surface area contributed by atoms with Gasteiger partial charge in [0.2, 0.25) is 0 Å². The van der Waals surface area contributed by atoms with E-state index in [2.05, 4.69) is 23.6 Å². The molecule has 1 aliphatic heterocycles. The maximum Gasteiger partial charge on any atom is 0.281 e. The first-order valence-electron chi connectivity index (χ1n) is 13.1. The van der Waals surface area contributed by atoms with E-state index < -0.39 is 27.3 Å². The van der Waals surface area contributed by atoms with E-state index in [1.807, 2.05) is 32.6 Å². The van der Waals surface area contributed by atoms with Crippen LogP contribution in [-0.4, -0.2) is 43.0 Å². The second-order valence-corrected chi connectivity index (χ2v) is 13.7. The van der Waals surface area contributed by atoms with Crippen molar-refractivity contribution in [2.24, 2.45) is 11.3 Å². The quantitative estimate of drug-likeness (QED) is 0.374. The van der Waals surface area contributed by atoms with Crippen LogP contribution in [0.25, 0.3) is 11.3 Å². The fourth-order valence-electron chi connectivity index (χ4n) is 5.18. The van der Waals surface area contributed by atoms with Crippen LogP contribution in [0.2, 0.25) is 0 Å². The highest BCUT2D eigenvalue weighted by Crippen LogP contribution is 2.44. The summed E-state index contributed by atoms with van der Waals surface area (Å²) in [5, 5.41) is -0.372. The second kappa shape index (κ2) is 10.7. The SMILES string of the molecule is CC(C)COc1cc(F)cc(-c2ccc(C(=O)NS(=O)(=O)c3cccc(N)n3)c(N3CC(C)(C)CC3(C)C)n2)c1.[HH]. The van der Waals surface area contributed by atoms with Gasteiger partial charge in [0.25, 0.3) is 15.9 Å². The highest BCUT2D eigenvalue weighted by molar-refractivity contribution is 7.90. The maximum absolute atomic E-state index is 14.6. The van der Waals surface area contributed by atoms with Gasteiger partial charge in [-0.05, 0) is 68.0 Å². The van der Waals surface area contributed by atoms with E-state index >= 15 is 0 Å². The van der Waals surface area contributed by atoms with Gasteiger partial charge in [0.15, 0.2) is 5.03 Å². The zero-order valence-electron chi connectivity index (χ0n) is 23.7. The minimum Gasteiger partial charge on any atom is -0.493 e. The van der Waals surface area contributed by atoms with Crippen LogP contribution in [0.4, 0.5) is 16.0 Å². The molecule has 0 bridgehead atoms. The van der Waals surface area contributed by atoms with E-state index in [-0.39, 0.29) is 29.2 Å². The molecule has 0 saturated carbocycles. The molecule has 1 aromatic carbocycles. The van der Waals surface area contributed by atoms with E-state index in [9.17, 15) is 17.6 Å². The van der Waals surface area contributed by atoms with Crippen LogP contribution in [0.5, 0.6) is 5.75 Å². The molecule has 2 aromatic heterocycles. The summed E-state index contributed by atoms with van der Waals surface area (Å²) in [5.74, 6) is -0.403. The summed E-state index contributed by atoms with van der Waals surface area (Å²) in [5.41, 5.74) is 6.11. The van der Waals surface area contributed by atoms with Crippen LogP contribution in [0.1, 0.15) is 59.7 Å². The third-order valence-electron chi connectivity index (χ3n) is 6.60. The van der Waals surface area contributed by atoms with Gasteiger partial charge in [-0.3, -0.25) is 4.79 Å². The van der Waals surface area contributed by atoms with Crippen molar-refractivity contribution in [3.05, 3.63) is 59.9 Å². The van der Waals surface area contributed by atoms with Gasteiger partial charge in [-0.15, -0.1) is 0 Å². The van der Waals surface area contributed by atoms with Crippen LogP contribution in [0.3, 0.4) is 0 Å². The van der Waals surface area contributed by atoms with Crippen molar-refractivity contribution >= 4 is 27.6 Å². The smallest absolute Gasteiger partial charge is 0.281 e. The van der Waals surface area contributed by atoms with E-state index in [1.54, 1.807) is 12.1 Å². The lowest BCUT2D eigenvalue weighted by molar-refractivity contribution is 0.0981. The Morgan fingerprint density at radius 2 is 1.88 bits per heavy atom. The third-order valence-corrected chi connectivity index (χ3v) is 7.83. The molecule has 11 heteroatoms. The molecule has 0 spiro atoms. The Balaban J connectivity index is 0.00000462. The standard InChI is InChI=1S/C29H36FN5O4S.H2/c1-18(2)15-39-21-13-19(12-20(30)14-21)23-11-10-22(26(32-23)35-17-28(3,4)16-29(35,5)6)27(36)34-40(37,38)25-9-7-8-24(31)33-25;/h7-14,18H,15-17H2,1-6H3,(H2,31,33)(H,34,36);1H. The average molecular weight is 572 g/mol. The number of anilines is 2. The normalized spacial score (nSPS) is 16.2. The highest BCUT2D eigenvalue weighted by atomic mass is 32.2. The van der Waals surface area contributed by atoms with E-state index in [0.717, 1.165) is 6.42 Å². The number of nitrogen functional groups attached to an aromatic ring is 1. The number of carbonyl (C=O) groups is 1. The molecule has 1 amide bonds. The highest BCUT2D eigenvalue weighted by Gasteiger charge is 2.45. The number of rotatable bonds is 8. The lowest BCUT2D eigenvalue weighted by Crippen LogP contribution is -2.41. The molecule has 3 aromatic rings. The predicted molar refractivity (Wildman–Crippen MR) is 155 cm³/mol. The molecule has 3 heterocycles. The number of aromatic nitrogens is 2. The lowest BCUT2D eigenvalue weighted by Gasteiger charge is -2.34. The third kappa shape index (κ3) is 6.52. The molecule has 0 atom stereocenters. The molecular weight excluding hydrogens is 533 g/mol. The van der Waals surface area contributed by atoms with Crippen molar-refractivity contribution in [1.82, 2.24) is 14.7 Å². The summed E-state index contributed by atoms with van der Waals surface area (Å²) in [6.07, 6.45) is 0.811. The Morgan fingerprint density at radius 3 is 2.50 bits per heavy atom. The molecule has 40 heavy (non-hydrogen) atoms. The van der Waals surface area contributed by atoms with Crippen LogP contribution < -0.4 is 20.1 Å². The van der Waals surface area contributed by atoms with E-state index in [1.165, 1.54) is 36.4 Å². The maximum atomic E-state index is 14.6. The first-order valence-corrected chi connectivity index (χ1v) is 14.6. The van der Waals surface area contributed by atoms with Crippen molar-refractivity contribution in [3.8, 4) is 17.0 Å². The first kappa shape index (κ1) is 29.3. The molecule has 0 radical (unpaired) electrons. The molecule has 1 fully saturated rings. The van der Waals surface area contributed by atoms with Crippen molar-refractivity contribution in [1.29, 1.82) is 0 Å². The fraction of sp³-hybridized carbons (Fsp3) is 0.414. The zero-order valence-corrected chi connectivity index (χ0v) is 24.5. The molecule has 1 saturated heterocycles. The van der Waals surface area contributed by atoms with Gasteiger partial charge in [-0.2, -0.15) is 8.42 Å². The summed E-state index contributed by atoms with van der Waals surface area (Å²) in [6.45, 7) is 13.3. The largest absolute Gasteiger partial charge is 0.493 e. The van der Waals surface area contributed by atoms with E-state index in [0.29, 0.717) is 36.0 Å². The number of nitrogens with two attached hydrogens (primary N) is 1. The van der Waals surface area contributed by atoms with Gasteiger partial charge >= 0.3 is 0 Å². The van der Waals surface area contributed by atoms with Crippen LogP contribution >= 0.6 is 0 Å². The number of pyridine rings is 2. The van der Waals surface area contributed by atoms with Gasteiger partial charge in [0.1, 0.15) is 23.2 Å². The summed E-state index contributed by atoms with van der Waals surface area (Å²) in [6, 6.07) is 11.6. The lowest BCUT2D eigenvalue weighted by atomic mass is 9.86. The number of benzene rings is 1. The Labute approximate surface area is 236 Å². The number of hydrogen-bond acceptors (Lipinski definition) is 8. The Kier molecular flexibility index (Phi) is 7.81. The number of nitrogens with one attached hydrogen (secondary N) is 1. The Bertz CT molecular complexity index is 1550. The summed E-state index contributed by atoms with van der Waals surface area (Å²) in [4.78, 5) is 24.1. The Hall–Kier alpha value is -3.73. The predicted octanol–water partition coefficient (Wildman–Crippen LogP) is 5.28. The monoisotopic (exact) mass is 571 g/mol. The van der Waals surface area contributed by atoms with Crippen molar-refractivity contribution in [2.45, 2.75) is 58.5 Å². The number of sulfonamides is 1. The molecule has 1 aliphatic rings. The fourth-order valence-corrected chi connectivity index (χ4v) is 6.13. The molecule has 4 rings (SSSR count). The molecule has 0 unspecified atom stereocenters. The number of halogens is 1. The molecule has 9 nitrogen and oxygen atoms in total. The second-order valence-electron chi connectivity index (χ2n) is 12.0. The number of carbonyl (C=O) groups excluding carboxylic acids is 1. The molecule has 3 N–H and O–H groups in total. The van der Waals surface area contributed by atoms with Crippen molar-refractivity contribution < 1.29 is 23.8 Å². The summed E-state index contributed by atoms with van der Waals surface area (Å²) < 4.78 is 48.4. The Morgan fingerprint density at radius 1 is 1.15 bits per heavy atom. The van der Waals surface area contributed by atoms with Crippen LogP contribution in [-0.2, 0) is 10.0 Å². The minimum atomic E-state index is -4.31. The number of amides is 1. The first-order chi connectivity index (χ1) is 18.6. The summed E-state index contributed by atoms with van der Waals surface area (Å²) >= 11 is 0. The molecule has 216 valence electrons. The van der Waals surface area contributed by atoms with Gasteiger partial charge in [-0.25, -0.2) is 19.1 Å². The molecule has 0 aliphatic carbocycles. The van der Waals surface area contributed by atoms with E-state index in [4.69, 9.17) is 15.5 Å². The number of hydrogen-bond donors (Lipinski definition) is 2. The van der Waals surface area contributed by atoms with Crippen molar-refractivity contribution in [3.63, 3.8) is 0 Å². The van der Waals surface area contributed by atoms with Gasteiger partial charge in [-0.1, -0.05) is 33.8 Å². The minimum absolute atomic E-state index is 0.